The molecule has 0 fully saturated rings. The van der Waals surface area contributed by atoms with E-state index in [2.05, 4.69) is 45.3 Å². The van der Waals surface area contributed by atoms with Crippen LogP contribution in [0.25, 0.3) is 0 Å². The summed E-state index contributed by atoms with van der Waals surface area (Å²) < 4.78 is 0. The van der Waals surface area contributed by atoms with Gasteiger partial charge in [-0.05, 0) is 30.1 Å². The minimum Gasteiger partial charge on any atom is -0.481 e. The second-order valence-electron chi connectivity index (χ2n) is 7.04. The van der Waals surface area contributed by atoms with Crippen LogP contribution in [0.3, 0.4) is 0 Å². The molecule has 0 rings (SSSR count). The molecule has 0 bridgehead atoms. The van der Waals surface area contributed by atoms with E-state index in [-0.39, 0.29) is 23.8 Å². The predicted octanol–water partition coefficient (Wildman–Crippen LogP) is 2.86. The van der Waals surface area contributed by atoms with Crippen molar-refractivity contribution in [3.8, 4) is 0 Å². The van der Waals surface area contributed by atoms with Gasteiger partial charge in [-0.3, -0.25) is 4.79 Å². The summed E-state index contributed by atoms with van der Waals surface area (Å²) in [5, 5.41) is 14.4. The summed E-state index contributed by atoms with van der Waals surface area (Å²) >= 11 is 0. The highest BCUT2D eigenvalue weighted by Gasteiger charge is 2.16. The van der Waals surface area contributed by atoms with Crippen molar-refractivity contribution < 1.29 is 14.7 Å². The first-order valence-corrected chi connectivity index (χ1v) is 7.33. The van der Waals surface area contributed by atoms with Gasteiger partial charge in [0.15, 0.2) is 0 Å². The van der Waals surface area contributed by atoms with Crippen molar-refractivity contribution in [3.05, 3.63) is 0 Å². The predicted molar refractivity (Wildman–Crippen MR) is 80.7 cm³/mol. The van der Waals surface area contributed by atoms with E-state index >= 15 is 0 Å². The van der Waals surface area contributed by atoms with Crippen LogP contribution >= 0.6 is 0 Å². The van der Waals surface area contributed by atoms with Crippen LogP contribution in [0.4, 0.5) is 4.79 Å². The Bertz CT molecular complexity index is 309. The molecule has 0 heterocycles. The van der Waals surface area contributed by atoms with Gasteiger partial charge in [-0.2, -0.15) is 0 Å². The van der Waals surface area contributed by atoms with Gasteiger partial charge in [0.05, 0.1) is 0 Å². The van der Waals surface area contributed by atoms with Crippen molar-refractivity contribution >= 4 is 12.0 Å². The lowest BCUT2D eigenvalue weighted by Crippen LogP contribution is -2.40. The van der Waals surface area contributed by atoms with Gasteiger partial charge in [-0.1, -0.05) is 34.6 Å². The topological polar surface area (TPSA) is 78.4 Å². The molecule has 0 aliphatic carbocycles. The molecule has 0 aliphatic heterocycles. The third kappa shape index (κ3) is 11.8. The van der Waals surface area contributed by atoms with Gasteiger partial charge in [0.2, 0.25) is 0 Å². The second-order valence-corrected chi connectivity index (χ2v) is 7.04. The number of urea groups is 1. The number of rotatable bonds is 8. The molecule has 0 unspecified atom stereocenters. The highest BCUT2D eigenvalue weighted by molar-refractivity contribution is 5.74. The molecule has 5 heteroatoms. The summed E-state index contributed by atoms with van der Waals surface area (Å²) in [5.74, 6) is -0.406. The zero-order valence-electron chi connectivity index (χ0n) is 13.5. The summed E-state index contributed by atoms with van der Waals surface area (Å²) in [6.07, 6.45) is 1.81. The largest absolute Gasteiger partial charge is 0.481 e. The number of carbonyl (C=O) groups is 2. The van der Waals surface area contributed by atoms with Crippen LogP contribution in [-0.4, -0.2) is 30.2 Å². The summed E-state index contributed by atoms with van der Waals surface area (Å²) in [4.78, 5) is 22.4. The standard InChI is InChI=1S/C15H30N2O3/c1-11(2)8-12(9-13(18)19)10-17-14(20)16-7-6-15(3,4)5/h11-12H,6-10H2,1-5H3,(H,18,19)(H2,16,17,20)/t12-/m0/s1. The zero-order chi connectivity index (χ0) is 15.8. The third-order valence-corrected chi connectivity index (χ3v) is 2.98. The quantitative estimate of drug-likeness (QED) is 0.642. The average molecular weight is 286 g/mol. The van der Waals surface area contributed by atoms with E-state index < -0.39 is 5.97 Å². The van der Waals surface area contributed by atoms with Gasteiger partial charge in [0.25, 0.3) is 0 Å². The fraction of sp³-hybridized carbons (Fsp3) is 0.867. The van der Waals surface area contributed by atoms with Gasteiger partial charge in [-0.15, -0.1) is 0 Å². The molecular formula is C15H30N2O3. The van der Waals surface area contributed by atoms with Crippen molar-refractivity contribution in [2.45, 2.75) is 53.9 Å². The lowest BCUT2D eigenvalue weighted by Gasteiger charge is -2.20. The molecule has 20 heavy (non-hydrogen) atoms. The fourth-order valence-corrected chi connectivity index (χ4v) is 2.00. The van der Waals surface area contributed by atoms with Crippen LogP contribution in [0.1, 0.15) is 53.9 Å². The maximum Gasteiger partial charge on any atom is 0.314 e. The molecular weight excluding hydrogens is 256 g/mol. The van der Waals surface area contributed by atoms with Gasteiger partial charge in [0, 0.05) is 19.5 Å². The van der Waals surface area contributed by atoms with E-state index in [1.165, 1.54) is 0 Å². The highest BCUT2D eigenvalue weighted by Crippen LogP contribution is 2.17. The number of hydrogen-bond donors (Lipinski definition) is 3. The Morgan fingerprint density at radius 1 is 1.15 bits per heavy atom. The number of carbonyl (C=O) groups excluding carboxylic acids is 1. The maximum atomic E-state index is 11.6. The number of amides is 2. The summed E-state index contributed by atoms with van der Waals surface area (Å²) in [7, 11) is 0. The van der Waals surface area contributed by atoms with Crippen LogP contribution in [0, 0.1) is 17.3 Å². The SMILES string of the molecule is CC(C)C[C@H](CNC(=O)NCCC(C)(C)C)CC(=O)O. The van der Waals surface area contributed by atoms with E-state index in [4.69, 9.17) is 5.11 Å². The zero-order valence-corrected chi connectivity index (χ0v) is 13.5. The maximum absolute atomic E-state index is 11.6. The van der Waals surface area contributed by atoms with Crippen molar-refractivity contribution in [2.24, 2.45) is 17.3 Å². The van der Waals surface area contributed by atoms with E-state index in [1.807, 2.05) is 0 Å². The van der Waals surface area contributed by atoms with Crippen LogP contribution < -0.4 is 10.6 Å². The average Bonchev–Trinajstić information content (AvgIpc) is 2.22. The number of aliphatic carboxylic acids is 1. The van der Waals surface area contributed by atoms with Crippen molar-refractivity contribution in [3.63, 3.8) is 0 Å². The molecule has 0 spiro atoms. The summed E-state index contributed by atoms with van der Waals surface area (Å²) in [6, 6.07) is -0.214. The Balaban J connectivity index is 4.01. The Morgan fingerprint density at radius 3 is 2.20 bits per heavy atom. The lowest BCUT2D eigenvalue weighted by atomic mass is 9.92. The summed E-state index contributed by atoms with van der Waals surface area (Å²) in [6.45, 7) is 11.5. The molecule has 0 aromatic rings. The number of carboxylic acid groups (broad SMARTS) is 1. The van der Waals surface area contributed by atoms with Gasteiger partial charge >= 0.3 is 12.0 Å². The van der Waals surface area contributed by atoms with E-state index in [9.17, 15) is 9.59 Å². The molecule has 118 valence electrons. The molecule has 2 amide bonds. The molecule has 0 aromatic carbocycles. The van der Waals surface area contributed by atoms with Crippen LogP contribution in [0.2, 0.25) is 0 Å². The molecule has 5 nitrogen and oxygen atoms in total. The van der Waals surface area contributed by atoms with Gasteiger partial charge in [-0.25, -0.2) is 4.79 Å². The Labute approximate surface area is 122 Å². The van der Waals surface area contributed by atoms with Gasteiger partial charge < -0.3 is 15.7 Å². The monoisotopic (exact) mass is 286 g/mol. The number of carboxylic acids is 1. The van der Waals surface area contributed by atoms with E-state index in [0.717, 1.165) is 12.8 Å². The van der Waals surface area contributed by atoms with Crippen LogP contribution in [0.15, 0.2) is 0 Å². The molecule has 3 N–H and O–H groups in total. The fourth-order valence-electron chi connectivity index (χ4n) is 2.00. The lowest BCUT2D eigenvalue weighted by molar-refractivity contribution is -0.138. The van der Waals surface area contributed by atoms with Crippen molar-refractivity contribution in [1.82, 2.24) is 10.6 Å². The Hall–Kier alpha value is -1.26. The molecule has 0 saturated heterocycles. The molecule has 0 radical (unpaired) electrons. The second kappa shape index (κ2) is 8.82. The highest BCUT2D eigenvalue weighted by atomic mass is 16.4. The first kappa shape index (κ1) is 18.7. The molecule has 1 atom stereocenters. The van der Waals surface area contributed by atoms with Crippen LogP contribution in [0.5, 0.6) is 0 Å². The minimum atomic E-state index is -0.814. The van der Waals surface area contributed by atoms with Gasteiger partial charge in [0.1, 0.15) is 0 Å². The minimum absolute atomic E-state index is 0.0131. The number of hydrogen-bond acceptors (Lipinski definition) is 2. The Kier molecular flexibility index (Phi) is 8.26. The Morgan fingerprint density at radius 2 is 1.75 bits per heavy atom. The third-order valence-electron chi connectivity index (χ3n) is 2.98. The normalized spacial score (nSPS) is 13.1. The molecule has 0 aromatic heterocycles. The van der Waals surface area contributed by atoms with E-state index in [0.29, 0.717) is 19.0 Å². The van der Waals surface area contributed by atoms with E-state index in [1.54, 1.807) is 0 Å². The first-order valence-electron chi connectivity index (χ1n) is 7.33. The van der Waals surface area contributed by atoms with Crippen molar-refractivity contribution in [1.29, 1.82) is 0 Å². The smallest absolute Gasteiger partial charge is 0.314 e. The summed E-state index contributed by atoms with van der Waals surface area (Å²) in [5.41, 5.74) is 0.191. The van der Waals surface area contributed by atoms with Crippen LogP contribution in [-0.2, 0) is 4.79 Å². The molecule has 0 saturated carbocycles. The van der Waals surface area contributed by atoms with Crippen molar-refractivity contribution in [2.75, 3.05) is 13.1 Å². The number of nitrogens with one attached hydrogen (secondary N) is 2. The molecule has 0 aliphatic rings. The first-order chi connectivity index (χ1) is 9.10.